The maximum atomic E-state index is 12.9. The standard InChI is InChI=1S/C16H27N3O2S/c1-14-7-8-15(13-16(14)17(2)3)22(20,21)19-11-5-9-18(4)10-6-12-19/h7-8,13H,5-6,9-12H2,1-4H3. The van der Waals surface area contributed by atoms with E-state index in [1.807, 2.05) is 32.0 Å². The van der Waals surface area contributed by atoms with Gasteiger partial charge < -0.3 is 9.80 Å². The van der Waals surface area contributed by atoms with E-state index in [0.717, 1.165) is 37.2 Å². The number of anilines is 1. The first-order valence-electron chi connectivity index (χ1n) is 7.79. The lowest BCUT2D eigenvalue weighted by Crippen LogP contribution is -2.38. The monoisotopic (exact) mass is 325 g/mol. The van der Waals surface area contributed by atoms with Crippen LogP contribution in [0, 0.1) is 6.92 Å². The van der Waals surface area contributed by atoms with Crippen LogP contribution in [0.5, 0.6) is 0 Å². The Morgan fingerprint density at radius 3 is 2.18 bits per heavy atom. The highest BCUT2D eigenvalue weighted by Gasteiger charge is 2.25. The van der Waals surface area contributed by atoms with E-state index in [1.54, 1.807) is 16.4 Å². The van der Waals surface area contributed by atoms with E-state index in [1.165, 1.54) is 0 Å². The Morgan fingerprint density at radius 2 is 1.64 bits per heavy atom. The topological polar surface area (TPSA) is 43.9 Å². The summed E-state index contributed by atoms with van der Waals surface area (Å²) in [7, 11) is 2.56. The van der Waals surface area contributed by atoms with Crippen molar-refractivity contribution in [1.29, 1.82) is 0 Å². The molecule has 1 aromatic rings. The molecule has 22 heavy (non-hydrogen) atoms. The summed E-state index contributed by atoms with van der Waals surface area (Å²) in [5.41, 5.74) is 2.03. The molecule has 1 aliphatic heterocycles. The molecule has 1 heterocycles. The van der Waals surface area contributed by atoms with Crippen LogP contribution in [0.3, 0.4) is 0 Å². The van der Waals surface area contributed by atoms with Crippen LogP contribution in [-0.2, 0) is 10.0 Å². The fourth-order valence-corrected chi connectivity index (χ4v) is 4.42. The quantitative estimate of drug-likeness (QED) is 0.850. The predicted octanol–water partition coefficient (Wildman–Crippen LogP) is 1.78. The number of nitrogens with zero attached hydrogens (tertiary/aromatic N) is 3. The maximum absolute atomic E-state index is 12.9. The maximum Gasteiger partial charge on any atom is 0.243 e. The highest BCUT2D eigenvalue weighted by molar-refractivity contribution is 7.89. The highest BCUT2D eigenvalue weighted by atomic mass is 32.2. The Kier molecular flexibility index (Phi) is 5.47. The van der Waals surface area contributed by atoms with Crippen LogP contribution in [0.15, 0.2) is 23.1 Å². The molecule has 0 saturated carbocycles. The number of hydrogen-bond donors (Lipinski definition) is 0. The van der Waals surface area contributed by atoms with Gasteiger partial charge in [0.15, 0.2) is 0 Å². The van der Waals surface area contributed by atoms with Gasteiger partial charge in [-0.1, -0.05) is 6.07 Å². The lowest BCUT2D eigenvalue weighted by molar-refractivity contribution is 0.263. The van der Waals surface area contributed by atoms with E-state index < -0.39 is 10.0 Å². The first kappa shape index (κ1) is 17.2. The number of aryl methyl sites for hydroxylation is 1. The van der Waals surface area contributed by atoms with Crippen LogP contribution in [0.25, 0.3) is 0 Å². The van der Waals surface area contributed by atoms with Crippen LogP contribution in [0.2, 0.25) is 0 Å². The highest BCUT2D eigenvalue weighted by Crippen LogP contribution is 2.25. The van der Waals surface area contributed by atoms with E-state index in [-0.39, 0.29) is 0 Å². The summed E-state index contributed by atoms with van der Waals surface area (Å²) in [5, 5.41) is 0. The van der Waals surface area contributed by atoms with Crippen molar-refractivity contribution in [2.24, 2.45) is 0 Å². The van der Waals surface area contributed by atoms with Gasteiger partial charge in [-0.25, -0.2) is 8.42 Å². The Hall–Kier alpha value is -1.11. The van der Waals surface area contributed by atoms with Crippen molar-refractivity contribution in [3.05, 3.63) is 23.8 Å². The van der Waals surface area contributed by atoms with Crippen molar-refractivity contribution < 1.29 is 8.42 Å². The number of rotatable bonds is 3. The van der Waals surface area contributed by atoms with E-state index in [2.05, 4.69) is 11.9 Å². The van der Waals surface area contributed by atoms with Crippen molar-refractivity contribution >= 4 is 15.7 Å². The van der Waals surface area contributed by atoms with Crippen molar-refractivity contribution in [1.82, 2.24) is 9.21 Å². The summed E-state index contributed by atoms with van der Waals surface area (Å²) in [6, 6.07) is 5.40. The Labute approximate surface area is 134 Å². The summed E-state index contributed by atoms with van der Waals surface area (Å²) in [6.45, 7) is 5.08. The third-order valence-corrected chi connectivity index (χ3v) is 6.09. The zero-order valence-corrected chi connectivity index (χ0v) is 14.9. The van der Waals surface area contributed by atoms with Crippen molar-refractivity contribution in [3.63, 3.8) is 0 Å². The van der Waals surface area contributed by atoms with Crippen molar-refractivity contribution in [2.75, 3.05) is 52.2 Å². The minimum absolute atomic E-state index is 0.399. The molecule has 2 rings (SSSR count). The van der Waals surface area contributed by atoms with Crippen LogP contribution < -0.4 is 4.90 Å². The Morgan fingerprint density at radius 1 is 1.05 bits per heavy atom. The zero-order chi connectivity index (χ0) is 16.3. The fourth-order valence-electron chi connectivity index (χ4n) is 2.88. The lowest BCUT2D eigenvalue weighted by Gasteiger charge is -2.28. The lowest BCUT2D eigenvalue weighted by atomic mass is 10.2. The summed E-state index contributed by atoms with van der Waals surface area (Å²) in [5.74, 6) is 0. The molecule has 1 saturated heterocycles. The molecule has 0 N–H and O–H groups in total. The summed E-state index contributed by atoms with van der Waals surface area (Å²) < 4.78 is 27.5. The molecule has 5 nitrogen and oxygen atoms in total. The molecule has 6 heteroatoms. The van der Waals surface area contributed by atoms with E-state index in [9.17, 15) is 8.42 Å². The van der Waals surface area contributed by atoms with Crippen LogP contribution in [0.4, 0.5) is 5.69 Å². The molecule has 1 aromatic carbocycles. The van der Waals surface area contributed by atoms with Crippen LogP contribution in [0.1, 0.15) is 18.4 Å². The van der Waals surface area contributed by atoms with Gasteiger partial charge in [-0.15, -0.1) is 0 Å². The molecule has 0 spiro atoms. The third kappa shape index (κ3) is 3.80. The van der Waals surface area contributed by atoms with Gasteiger partial charge in [-0.2, -0.15) is 4.31 Å². The van der Waals surface area contributed by atoms with Crippen molar-refractivity contribution in [3.8, 4) is 0 Å². The van der Waals surface area contributed by atoms with Gasteiger partial charge in [0.1, 0.15) is 0 Å². The van der Waals surface area contributed by atoms with Gasteiger partial charge in [0, 0.05) is 32.9 Å². The minimum atomic E-state index is -3.40. The smallest absolute Gasteiger partial charge is 0.243 e. The van der Waals surface area contributed by atoms with E-state index >= 15 is 0 Å². The molecular formula is C16H27N3O2S. The van der Waals surface area contributed by atoms with Gasteiger partial charge in [0.2, 0.25) is 10.0 Å². The predicted molar refractivity (Wildman–Crippen MR) is 91.0 cm³/mol. The zero-order valence-electron chi connectivity index (χ0n) is 14.0. The molecule has 0 amide bonds. The summed E-state index contributed by atoms with van der Waals surface area (Å²) >= 11 is 0. The molecule has 0 aliphatic carbocycles. The second kappa shape index (κ2) is 6.98. The minimum Gasteiger partial charge on any atom is -0.377 e. The second-order valence-electron chi connectivity index (χ2n) is 6.26. The number of hydrogen-bond acceptors (Lipinski definition) is 4. The van der Waals surface area contributed by atoms with Gasteiger partial charge in [0.05, 0.1) is 4.90 Å². The Balaban J connectivity index is 2.27. The van der Waals surface area contributed by atoms with E-state index in [4.69, 9.17) is 0 Å². The van der Waals surface area contributed by atoms with E-state index in [0.29, 0.717) is 18.0 Å². The van der Waals surface area contributed by atoms with Crippen LogP contribution in [-0.4, -0.2) is 64.9 Å². The largest absolute Gasteiger partial charge is 0.377 e. The Bertz CT molecular complexity index is 604. The molecule has 1 fully saturated rings. The van der Waals surface area contributed by atoms with Gasteiger partial charge in [-0.05, 0) is 57.6 Å². The average molecular weight is 325 g/mol. The SMILES string of the molecule is Cc1ccc(S(=O)(=O)N2CCCN(C)CCC2)cc1N(C)C. The molecule has 0 atom stereocenters. The number of sulfonamides is 1. The van der Waals surface area contributed by atoms with Crippen molar-refractivity contribution in [2.45, 2.75) is 24.7 Å². The van der Waals surface area contributed by atoms with Gasteiger partial charge in [-0.3, -0.25) is 0 Å². The fraction of sp³-hybridized carbons (Fsp3) is 0.625. The molecule has 0 radical (unpaired) electrons. The molecule has 0 aromatic heterocycles. The second-order valence-corrected chi connectivity index (χ2v) is 8.20. The first-order chi connectivity index (χ1) is 10.3. The summed E-state index contributed by atoms with van der Waals surface area (Å²) in [6.07, 6.45) is 1.75. The molecular weight excluding hydrogens is 298 g/mol. The van der Waals surface area contributed by atoms with Gasteiger partial charge >= 0.3 is 0 Å². The normalized spacial score (nSPS) is 18.7. The van der Waals surface area contributed by atoms with Crippen LogP contribution >= 0.6 is 0 Å². The summed E-state index contributed by atoms with van der Waals surface area (Å²) in [4.78, 5) is 4.62. The molecule has 0 bridgehead atoms. The average Bonchev–Trinajstić information content (AvgIpc) is 2.42. The molecule has 124 valence electrons. The first-order valence-corrected chi connectivity index (χ1v) is 9.23. The van der Waals surface area contributed by atoms with Gasteiger partial charge in [0.25, 0.3) is 0 Å². The molecule has 0 unspecified atom stereocenters. The molecule has 1 aliphatic rings. The third-order valence-electron chi connectivity index (χ3n) is 4.19. The number of benzene rings is 1.